The Morgan fingerprint density at radius 1 is 1.10 bits per heavy atom. The zero-order valence-corrected chi connectivity index (χ0v) is 14.0. The maximum absolute atomic E-state index is 12.5. The van der Waals surface area contributed by atoms with Crippen LogP contribution in [-0.4, -0.2) is 20.0 Å². The maximum atomic E-state index is 12.5. The van der Waals surface area contributed by atoms with Gasteiger partial charge in [0.15, 0.2) is 5.78 Å². The summed E-state index contributed by atoms with van der Waals surface area (Å²) in [5.41, 5.74) is 1.27. The number of hydrogen-bond acceptors (Lipinski definition) is 3. The molecule has 0 heterocycles. The number of carbonyl (C=O) groups is 1. The van der Waals surface area contributed by atoms with Crippen molar-refractivity contribution in [2.45, 2.75) is 6.42 Å². The van der Waals surface area contributed by atoms with Crippen LogP contribution in [0.15, 0.2) is 40.9 Å². The minimum Gasteiger partial charge on any atom is -0.496 e. The molecule has 0 saturated heterocycles. The molecule has 0 N–H and O–H groups in total. The van der Waals surface area contributed by atoms with Crippen molar-refractivity contribution in [1.29, 1.82) is 0 Å². The van der Waals surface area contributed by atoms with E-state index in [1.807, 2.05) is 18.2 Å². The third-order valence-electron chi connectivity index (χ3n) is 3.06. The van der Waals surface area contributed by atoms with Crippen LogP contribution < -0.4 is 9.47 Å². The molecule has 0 aliphatic carbocycles. The molecule has 0 aliphatic rings. The highest BCUT2D eigenvalue weighted by molar-refractivity contribution is 9.10. The van der Waals surface area contributed by atoms with Gasteiger partial charge in [0.1, 0.15) is 11.5 Å². The smallest absolute Gasteiger partial charge is 0.171 e. The Bertz CT molecular complexity index is 671. The van der Waals surface area contributed by atoms with Crippen molar-refractivity contribution >= 4 is 33.3 Å². The van der Waals surface area contributed by atoms with Gasteiger partial charge >= 0.3 is 0 Å². The number of hydrogen-bond donors (Lipinski definition) is 0. The summed E-state index contributed by atoms with van der Waals surface area (Å²) in [6, 6.07) is 10.6. The number of methoxy groups -OCH3 is 2. The summed E-state index contributed by atoms with van der Waals surface area (Å²) >= 11 is 9.36. The van der Waals surface area contributed by atoms with E-state index < -0.39 is 0 Å². The van der Waals surface area contributed by atoms with E-state index in [2.05, 4.69) is 15.9 Å². The van der Waals surface area contributed by atoms with E-state index >= 15 is 0 Å². The second-order valence-corrected chi connectivity index (χ2v) is 5.75. The molecule has 0 radical (unpaired) electrons. The zero-order chi connectivity index (χ0) is 15.4. The standard InChI is InChI=1S/C16H14BrClO3/c1-20-15-5-3-11(17)7-10(15)8-14(19)13-9-12(18)4-6-16(13)21-2/h3-7,9H,8H2,1-2H3. The number of rotatable bonds is 5. The fourth-order valence-electron chi connectivity index (χ4n) is 2.05. The molecule has 0 spiro atoms. The highest BCUT2D eigenvalue weighted by atomic mass is 79.9. The molecule has 2 aromatic rings. The van der Waals surface area contributed by atoms with Gasteiger partial charge in [-0.05, 0) is 36.4 Å². The number of ether oxygens (including phenoxy) is 2. The van der Waals surface area contributed by atoms with Crippen LogP contribution in [-0.2, 0) is 6.42 Å². The van der Waals surface area contributed by atoms with E-state index in [-0.39, 0.29) is 12.2 Å². The van der Waals surface area contributed by atoms with Crippen LogP contribution in [0.5, 0.6) is 11.5 Å². The number of carbonyl (C=O) groups excluding carboxylic acids is 1. The van der Waals surface area contributed by atoms with E-state index in [4.69, 9.17) is 21.1 Å². The fraction of sp³-hybridized carbons (Fsp3) is 0.188. The molecule has 0 amide bonds. The molecule has 21 heavy (non-hydrogen) atoms. The summed E-state index contributed by atoms with van der Waals surface area (Å²) in [7, 11) is 3.11. The lowest BCUT2D eigenvalue weighted by molar-refractivity contribution is 0.0989. The van der Waals surface area contributed by atoms with Gasteiger partial charge in [-0.15, -0.1) is 0 Å². The second-order valence-electron chi connectivity index (χ2n) is 4.40. The lowest BCUT2D eigenvalue weighted by Crippen LogP contribution is -2.07. The average molecular weight is 370 g/mol. The molecule has 0 bridgehead atoms. The molecule has 0 aliphatic heterocycles. The quantitative estimate of drug-likeness (QED) is 0.726. The van der Waals surface area contributed by atoms with Gasteiger partial charge in [-0.2, -0.15) is 0 Å². The maximum Gasteiger partial charge on any atom is 0.171 e. The van der Waals surface area contributed by atoms with Crippen LogP contribution in [0.2, 0.25) is 5.02 Å². The Labute approximate surface area is 137 Å². The van der Waals surface area contributed by atoms with Gasteiger partial charge in [0, 0.05) is 21.5 Å². The molecule has 0 saturated carbocycles. The van der Waals surface area contributed by atoms with Crippen LogP contribution in [0.3, 0.4) is 0 Å². The minimum atomic E-state index is -0.0780. The predicted octanol–water partition coefficient (Wildman–Crippen LogP) is 4.55. The summed E-state index contributed by atoms with van der Waals surface area (Å²) < 4.78 is 11.4. The van der Waals surface area contributed by atoms with Gasteiger partial charge in [-0.1, -0.05) is 27.5 Å². The van der Waals surface area contributed by atoms with E-state index in [1.54, 1.807) is 25.3 Å². The molecule has 0 atom stereocenters. The molecule has 0 fully saturated rings. The fourth-order valence-corrected chi connectivity index (χ4v) is 2.63. The van der Waals surface area contributed by atoms with Gasteiger partial charge in [0.2, 0.25) is 0 Å². The van der Waals surface area contributed by atoms with Crippen molar-refractivity contribution in [2.24, 2.45) is 0 Å². The zero-order valence-electron chi connectivity index (χ0n) is 11.7. The number of ketones is 1. The highest BCUT2D eigenvalue weighted by Gasteiger charge is 2.16. The molecule has 3 nitrogen and oxygen atoms in total. The first-order chi connectivity index (χ1) is 10.0. The van der Waals surface area contributed by atoms with E-state index in [0.29, 0.717) is 22.1 Å². The van der Waals surface area contributed by atoms with Crippen molar-refractivity contribution < 1.29 is 14.3 Å². The predicted molar refractivity (Wildman–Crippen MR) is 86.7 cm³/mol. The van der Waals surface area contributed by atoms with E-state index in [9.17, 15) is 4.79 Å². The van der Waals surface area contributed by atoms with Gasteiger partial charge in [0.05, 0.1) is 19.8 Å². The third kappa shape index (κ3) is 3.77. The molecular formula is C16H14BrClO3. The number of benzene rings is 2. The van der Waals surface area contributed by atoms with Crippen molar-refractivity contribution in [2.75, 3.05) is 14.2 Å². The number of halogens is 2. The normalized spacial score (nSPS) is 10.3. The summed E-state index contributed by atoms with van der Waals surface area (Å²) in [6.07, 6.45) is 0.208. The Balaban J connectivity index is 2.34. The van der Waals surface area contributed by atoms with Gasteiger partial charge in [-0.25, -0.2) is 0 Å². The molecule has 2 aromatic carbocycles. The molecule has 0 aromatic heterocycles. The van der Waals surface area contributed by atoms with Crippen LogP contribution >= 0.6 is 27.5 Å². The van der Waals surface area contributed by atoms with Gasteiger partial charge in [0.25, 0.3) is 0 Å². The SMILES string of the molecule is COc1ccc(Br)cc1CC(=O)c1cc(Cl)ccc1OC. The third-order valence-corrected chi connectivity index (χ3v) is 3.78. The minimum absolute atomic E-state index is 0.0780. The van der Waals surface area contributed by atoms with Crippen LogP contribution in [0.25, 0.3) is 0 Å². The lowest BCUT2D eigenvalue weighted by atomic mass is 10.0. The summed E-state index contributed by atoms with van der Waals surface area (Å²) in [5.74, 6) is 1.11. The van der Waals surface area contributed by atoms with Crippen LogP contribution in [0.1, 0.15) is 15.9 Å². The Kier molecular flexibility index (Phi) is 5.26. The van der Waals surface area contributed by atoms with E-state index in [0.717, 1.165) is 10.0 Å². The molecule has 110 valence electrons. The molecule has 5 heteroatoms. The van der Waals surface area contributed by atoms with Crippen molar-refractivity contribution in [1.82, 2.24) is 0 Å². The first kappa shape index (κ1) is 15.9. The lowest BCUT2D eigenvalue weighted by Gasteiger charge is -2.11. The van der Waals surface area contributed by atoms with Gasteiger partial charge in [-0.3, -0.25) is 4.79 Å². The summed E-state index contributed by atoms with van der Waals surface area (Å²) in [4.78, 5) is 12.5. The molecule has 2 rings (SSSR count). The largest absolute Gasteiger partial charge is 0.496 e. The topological polar surface area (TPSA) is 35.5 Å². The van der Waals surface area contributed by atoms with Crippen molar-refractivity contribution in [3.05, 3.63) is 57.0 Å². The molecular weight excluding hydrogens is 356 g/mol. The van der Waals surface area contributed by atoms with Gasteiger partial charge < -0.3 is 9.47 Å². The first-order valence-corrected chi connectivity index (χ1v) is 7.41. The van der Waals surface area contributed by atoms with Crippen molar-refractivity contribution in [3.8, 4) is 11.5 Å². The Morgan fingerprint density at radius 2 is 1.76 bits per heavy atom. The number of Topliss-reactive ketones (excluding diaryl/α,β-unsaturated/α-hetero) is 1. The second kappa shape index (κ2) is 6.96. The van der Waals surface area contributed by atoms with Crippen LogP contribution in [0, 0.1) is 0 Å². The Hall–Kier alpha value is -1.52. The Morgan fingerprint density at radius 3 is 2.43 bits per heavy atom. The van der Waals surface area contributed by atoms with Crippen LogP contribution in [0.4, 0.5) is 0 Å². The summed E-state index contributed by atoms with van der Waals surface area (Å²) in [5, 5.41) is 0.500. The van der Waals surface area contributed by atoms with E-state index in [1.165, 1.54) is 7.11 Å². The monoisotopic (exact) mass is 368 g/mol. The first-order valence-electron chi connectivity index (χ1n) is 6.24. The van der Waals surface area contributed by atoms with Crippen molar-refractivity contribution in [3.63, 3.8) is 0 Å². The summed E-state index contributed by atoms with van der Waals surface area (Å²) in [6.45, 7) is 0. The average Bonchev–Trinajstić information content (AvgIpc) is 2.47. The molecule has 0 unspecified atom stereocenters. The highest BCUT2D eigenvalue weighted by Crippen LogP contribution is 2.28.